The van der Waals surface area contributed by atoms with Crippen LogP contribution in [0.3, 0.4) is 0 Å². The second-order valence-corrected chi connectivity index (χ2v) is 7.04. The second kappa shape index (κ2) is 4.70. The van der Waals surface area contributed by atoms with Crippen molar-refractivity contribution in [2.75, 3.05) is 0 Å². The van der Waals surface area contributed by atoms with Crippen LogP contribution in [-0.2, 0) is 11.0 Å². The Hall–Kier alpha value is -0.820. The van der Waals surface area contributed by atoms with Crippen molar-refractivity contribution in [3.63, 3.8) is 0 Å². The zero-order chi connectivity index (χ0) is 13.4. The average molecular weight is 246 g/mol. The first-order valence-electron chi connectivity index (χ1n) is 7.15. The third kappa shape index (κ3) is 2.77. The summed E-state index contributed by atoms with van der Waals surface area (Å²) in [4.78, 5) is 0. The number of hydrogen-bond acceptors (Lipinski definition) is 1. The lowest BCUT2D eigenvalue weighted by atomic mass is 9.75. The van der Waals surface area contributed by atoms with Crippen LogP contribution in [0.5, 0.6) is 0 Å². The van der Waals surface area contributed by atoms with E-state index in [4.69, 9.17) is 0 Å². The van der Waals surface area contributed by atoms with E-state index in [2.05, 4.69) is 52.0 Å². The molecule has 0 aliphatic heterocycles. The molecule has 0 atom stereocenters. The lowest BCUT2D eigenvalue weighted by Gasteiger charge is -2.35. The van der Waals surface area contributed by atoms with Gasteiger partial charge >= 0.3 is 0 Å². The van der Waals surface area contributed by atoms with Gasteiger partial charge in [-0.25, -0.2) is 0 Å². The van der Waals surface area contributed by atoms with Crippen molar-refractivity contribution in [2.45, 2.75) is 64.4 Å². The smallest absolute Gasteiger partial charge is 0.0896 e. The van der Waals surface area contributed by atoms with Crippen LogP contribution in [0.1, 0.15) is 64.5 Å². The quantitative estimate of drug-likeness (QED) is 0.779. The Morgan fingerprint density at radius 2 is 1.56 bits per heavy atom. The topological polar surface area (TPSA) is 20.2 Å². The Balaban J connectivity index is 2.19. The number of hydrogen-bond donors (Lipinski definition) is 1. The molecule has 1 N–H and O–H groups in total. The van der Waals surface area contributed by atoms with Gasteiger partial charge in [0.1, 0.15) is 0 Å². The Kier molecular flexibility index (Phi) is 3.55. The Morgan fingerprint density at radius 1 is 1.06 bits per heavy atom. The minimum atomic E-state index is -0.580. The van der Waals surface area contributed by atoms with Crippen LogP contribution in [0.15, 0.2) is 24.3 Å². The van der Waals surface area contributed by atoms with Gasteiger partial charge in [-0.15, -0.1) is 0 Å². The summed E-state index contributed by atoms with van der Waals surface area (Å²) in [6.07, 6.45) is 4.08. The molecule has 0 radical (unpaired) electrons. The third-order valence-electron chi connectivity index (χ3n) is 4.39. The maximum Gasteiger partial charge on any atom is 0.0896 e. The molecule has 0 amide bonds. The fourth-order valence-corrected chi connectivity index (χ4v) is 2.81. The van der Waals surface area contributed by atoms with Gasteiger partial charge in [-0.2, -0.15) is 0 Å². The normalized spacial score (nSPS) is 29.3. The highest BCUT2D eigenvalue weighted by Crippen LogP contribution is 2.39. The van der Waals surface area contributed by atoms with E-state index in [0.717, 1.165) is 37.2 Å². The summed E-state index contributed by atoms with van der Waals surface area (Å²) in [6, 6.07) is 8.59. The summed E-state index contributed by atoms with van der Waals surface area (Å²) in [5.74, 6) is 0.763. The lowest BCUT2D eigenvalue weighted by Crippen LogP contribution is -2.30. The standard InChI is InChI=1S/C17H26O/c1-13-9-11-17(18,12-10-13)15-7-5-14(6-8-15)16(2,3)4/h5-8,13,18H,9-12H2,1-4H3. The second-order valence-electron chi connectivity index (χ2n) is 7.04. The van der Waals surface area contributed by atoms with Crippen molar-refractivity contribution in [3.8, 4) is 0 Å². The van der Waals surface area contributed by atoms with Gasteiger partial charge in [-0.05, 0) is 48.1 Å². The molecule has 1 aliphatic rings. The molecule has 100 valence electrons. The van der Waals surface area contributed by atoms with E-state index in [1.165, 1.54) is 5.56 Å². The predicted octanol–water partition coefficient (Wildman–Crippen LogP) is 4.38. The van der Waals surface area contributed by atoms with E-state index in [-0.39, 0.29) is 5.41 Å². The highest BCUT2D eigenvalue weighted by atomic mass is 16.3. The maximum absolute atomic E-state index is 10.8. The fourth-order valence-electron chi connectivity index (χ4n) is 2.81. The van der Waals surface area contributed by atoms with Crippen molar-refractivity contribution < 1.29 is 5.11 Å². The molecule has 1 aliphatic carbocycles. The SMILES string of the molecule is CC1CCC(O)(c2ccc(C(C)(C)C)cc2)CC1. The minimum absolute atomic E-state index is 0.183. The van der Waals surface area contributed by atoms with Crippen molar-refractivity contribution in [3.05, 3.63) is 35.4 Å². The molecular formula is C17H26O. The summed E-state index contributed by atoms with van der Waals surface area (Å²) in [5, 5.41) is 10.8. The largest absolute Gasteiger partial charge is 0.385 e. The van der Waals surface area contributed by atoms with Gasteiger partial charge in [-0.3, -0.25) is 0 Å². The molecule has 1 nitrogen and oxygen atoms in total. The predicted molar refractivity (Wildman–Crippen MR) is 76.7 cm³/mol. The van der Waals surface area contributed by atoms with Crippen molar-refractivity contribution in [1.82, 2.24) is 0 Å². The van der Waals surface area contributed by atoms with Crippen molar-refractivity contribution in [2.24, 2.45) is 5.92 Å². The van der Waals surface area contributed by atoms with Crippen LogP contribution in [0.25, 0.3) is 0 Å². The van der Waals surface area contributed by atoms with E-state index in [1.54, 1.807) is 0 Å². The first kappa shape index (κ1) is 13.6. The maximum atomic E-state index is 10.8. The number of rotatable bonds is 1. The molecule has 1 heteroatoms. The molecule has 1 saturated carbocycles. The van der Waals surface area contributed by atoms with Gasteiger partial charge in [0.25, 0.3) is 0 Å². The van der Waals surface area contributed by atoms with Crippen molar-refractivity contribution >= 4 is 0 Å². The van der Waals surface area contributed by atoms with E-state index in [9.17, 15) is 5.11 Å². The molecule has 0 spiro atoms. The van der Waals surface area contributed by atoms with Crippen LogP contribution in [0.2, 0.25) is 0 Å². The van der Waals surface area contributed by atoms with Gasteiger partial charge in [0.2, 0.25) is 0 Å². The first-order chi connectivity index (χ1) is 8.31. The summed E-state index contributed by atoms with van der Waals surface area (Å²) in [5.41, 5.74) is 2.03. The highest BCUT2D eigenvalue weighted by molar-refractivity contribution is 5.31. The lowest BCUT2D eigenvalue weighted by molar-refractivity contribution is -0.0120. The zero-order valence-corrected chi connectivity index (χ0v) is 12.2. The van der Waals surface area contributed by atoms with Crippen LogP contribution in [0.4, 0.5) is 0 Å². The molecule has 1 aromatic rings. The van der Waals surface area contributed by atoms with Gasteiger partial charge in [0.15, 0.2) is 0 Å². The Labute approximate surface area is 111 Å². The van der Waals surface area contributed by atoms with Crippen LogP contribution in [-0.4, -0.2) is 5.11 Å². The Morgan fingerprint density at radius 3 is 2.00 bits per heavy atom. The molecule has 0 saturated heterocycles. The summed E-state index contributed by atoms with van der Waals surface area (Å²) >= 11 is 0. The first-order valence-corrected chi connectivity index (χ1v) is 7.15. The average Bonchev–Trinajstić information content (AvgIpc) is 2.32. The molecule has 0 aromatic heterocycles. The molecule has 1 aromatic carbocycles. The van der Waals surface area contributed by atoms with Gasteiger partial charge in [-0.1, -0.05) is 52.0 Å². The van der Waals surface area contributed by atoms with E-state index < -0.39 is 5.60 Å². The third-order valence-corrected chi connectivity index (χ3v) is 4.39. The van der Waals surface area contributed by atoms with E-state index in [0.29, 0.717) is 0 Å². The van der Waals surface area contributed by atoms with Crippen molar-refractivity contribution in [1.29, 1.82) is 0 Å². The number of benzene rings is 1. The summed E-state index contributed by atoms with van der Waals surface area (Å²) in [7, 11) is 0. The monoisotopic (exact) mass is 246 g/mol. The molecule has 18 heavy (non-hydrogen) atoms. The summed E-state index contributed by atoms with van der Waals surface area (Å²) < 4.78 is 0. The highest BCUT2D eigenvalue weighted by Gasteiger charge is 2.33. The molecule has 1 fully saturated rings. The van der Waals surface area contributed by atoms with Crippen LogP contribution < -0.4 is 0 Å². The fraction of sp³-hybridized carbons (Fsp3) is 0.647. The number of aliphatic hydroxyl groups is 1. The zero-order valence-electron chi connectivity index (χ0n) is 12.2. The van der Waals surface area contributed by atoms with E-state index in [1.807, 2.05) is 0 Å². The van der Waals surface area contributed by atoms with Gasteiger partial charge < -0.3 is 5.11 Å². The van der Waals surface area contributed by atoms with E-state index >= 15 is 0 Å². The molecule has 0 bridgehead atoms. The summed E-state index contributed by atoms with van der Waals surface area (Å²) in [6.45, 7) is 8.94. The van der Waals surface area contributed by atoms with Crippen LogP contribution in [0, 0.1) is 5.92 Å². The molecular weight excluding hydrogens is 220 g/mol. The van der Waals surface area contributed by atoms with Gasteiger partial charge in [0, 0.05) is 0 Å². The molecule has 2 rings (SSSR count). The van der Waals surface area contributed by atoms with Crippen LogP contribution >= 0.6 is 0 Å². The van der Waals surface area contributed by atoms with Gasteiger partial charge in [0.05, 0.1) is 5.60 Å². The molecule has 0 heterocycles. The minimum Gasteiger partial charge on any atom is -0.385 e. The Bertz CT molecular complexity index is 389. The molecule has 0 unspecified atom stereocenters.